The summed E-state index contributed by atoms with van der Waals surface area (Å²) in [4.78, 5) is 10.3. The Morgan fingerprint density at radius 1 is 1.67 bits per heavy atom. The molecule has 0 atom stereocenters. The van der Waals surface area contributed by atoms with Crippen LogP contribution in [0.4, 0.5) is 4.79 Å². The highest BCUT2D eigenvalue weighted by Crippen LogP contribution is 2.31. The Balaban J connectivity index is 1.86. The van der Waals surface area contributed by atoms with Crippen LogP contribution in [0.25, 0.3) is 0 Å². The summed E-state index contributed by atoms with van der Waals surface area (Å²) in [5.41, 5.74) is 0.532. The molecule has 2 rings (SSSR count). The van der Waals surface area contributed by atoms with E-state index in [1.807, 2.05) is 0 Å². The molecule has 1 fully saturated rings. The van der Waals surface area contributed by atoms with Crippen molar-refractivity contribution >= 4 is 6.09 Å². The molecule has 1 saturated carbocycles. The largest absolute Gasteiger partial charge is 0.465 e. The van der Waals surface area contributed by atoms with Crippen molar-refractivity contribution in [3.8, 4) is 0 Å². The number of carboxylic acid groups (broad SMARTS) is 1. The molecule has 0 saturated heterocycles. The molecule has 1 aromatic rings. The molecule has 0 radical (unpaired) electrons. The topological polar surface area (TPSA) is 100 Å². The van der Waals surface area contributed by atoms with Gasteiger partial charge in [-0.05, 0) is 12.8 Å². The molecule has 82 valence electrons. The highest BCUT2D eigenvalue weighted by Gasteiger charge is 2.32. The number of hydrogen-bond donors (Lipinski definition) is 3. The monoisotopic (exact) mass is 212 g/mol. The van der Waals surface area contributed by atoms with Gasteiger partial charge in [-0.25, -0.2) is 9.48 Å². The molecule has 0 bridgehead atoms. The van der Waals surface area contributed by atoms with Gasteiger partial charge in [0.05, 0.1) is 18.8 Å². The molecule has 1 aromatic heterocycles. The lowest BCUT2D eigenvalue weighted by Crippen LogP contribution is -2.44. The van der Waals surface area contributed by atoms with Crippen LogP contribution in [0.2, 0.25) is 0 Å². The first kappa shape index (κ1) is 9.91. The van der Waals surface area contributed by atoms with Crippen LogP contribution in [0.5, 0.6) is 0 Å². The van der Waals surface area contributed by atoms with Crippen molar-refractivity contribution in [3.63, 3.8) is 0 Å². The molecular weight excluding hydrogens is 200 g/mol. The van der Waals surface area contributed by atoms with Crippen molar-refractivity contribution in [3.05, 3.63) is 11.9 Å². The van der Waals surface area contributed by atoms with E-state index in [1.54, 1.807) is 10.9 Å². The molecule has 1 aliphatic rings. The van der Waals surface area contributed by atoms with Gasteiger partial charge in [-0.2, -0.15) is 0 Å². The number of hydrogen-bond acceptors (Lipinski definition) is 4. The lowest BCUT2D eigenvalue weighted by atomic mass is 9.87. The Hall–Kier alpha value is -1.63. The molecular formula is C8H12N4O3. The summed E-state index contributed by atoms with van der Waals surface area (Å²) < 4.78 is 1.67. The Morgan fingerprint density at radius 3 is 2.93 bits per heavy atom. The molecule has 7 heteroatoms. The SMILES string of the molecule is O=C(O)N[C@H]1C[C@H](n2cc(CO)nn2)C1. The van der Waals surface area contributed by atoms with Crippen LogP contribution in [0.15, 0.2) is 6.20 Å². The number of carbonyl (C=O) groups is 1. The number of rotatable bonds is 3. The highest BCUT2D eigenvalue weighted by molar-refractivity contribution is 5.65. The van der Waals surface area contributed by atoms with Crippen molar-refractivity contribution in [1.29, 1.82) is 0 Å². The maximum absolute atomic E-state index is 10.3. The molecule has 1 heterocycles. The Kier molecular flexibility index (Phi) is 2.55. The summed E-state index contributed by atoms with van der Waals surface area (Å²) in [7, 11) is 0. The van der Waals surface area contributed by atoms with Crippen LogP contribution in [-0.2, 0) is 6.61 Å². The van der Waals surface area contributed by atoms with Crippen molar-refractivity contribution in [2.75, 3.05) is 0 Å². The van der Waals surface area contributed by atoms with Crippen LogP contribution in [0.3, 0.4) is 0 Å². The first-order chi connectivity index (χ1) is 7.19. The predicted molar refractivity (Wildman–Crippen MR) is 49.2 cm³/mol. The zero-order valence-corrected chi connectivity index (χ0v) is 8.00. The number of aliphatic hydroxyl groups excluding tert-OH is 1. The lowest BCUT2D eigenvalue weighted by Gasteiger charge is -2.34. The molecule has 1 amide bonds. The number of nitrogens with one attached hydrogen (secondary N) is 1. The molecule has 3 N–H and O–H groups in total. The standard InChI is InChI=1S/C8H12N4O3/c13-4-6-3-12(11-10-6)7-1-5(2-7)9-8(14)15/h3,5,7,9,13H,1-2,4H2,(H,14,15)/t5-,7-. The van der Waals surface area contributed by atoms with E-state index in [1.165, 1.54) is 0 Å². The minimum atomic E-state index is -0.993. The van der Waals surface area contributed by atoms with E-state index in [-0.39, 0.29) is 18.7 Å². The first-order valence-electron chi connectivity index (χ1n) is 4.70. The van der Waals surface area contributed by atoms with Crippen LogP contribution >= 0.6 is 0 Å². The maximum Gasteiger partial charge on any atom is 0.404 e. The van der Waals surface area contributed by atoms with Gasteiger partial charge in [-0.15, -0.1) is 5.10 Å². The van der Waals surface area contributed by atoms with Crippen LogP contribution in [0, 0.1) is 0 Å². The number of nitrogens with zero attached hydrogens (tertiary/aromatic N) is 3. The predicted octanol–water partition coefficient (Wildman–Crippen LogP) is -0.259. The van der Waals surface area contributed by atoms with Crippen molar-refractivity contribution in [1.82, 2.24) is 20.3 Å². The molecule has 0 aliphatic heterocycles. The highest BCUT2D eigenvalue weighted by atomic mass is 16.4. The van der Waals surface area contributed by atoms with E-state index < -0.39 is 6.09 Å². The third-order valence-electron chi connectivity index (χ3n) is 2.53. The number of aliphatic hydroxyl groups is 1. The smallest absolute Gasteiger partial charge is 0.404 e. The third kappa shape index (κ3) is 2.07. The van der Waals surface area contributed by atoms with Gasteiger partial charge in [0.2, 0.25) is 0 Å². The Bertz CT molecular complexity index is 359. The summed E-state index contributed by atoms with van der Waals surface area (Å²) in [5, 5.41) is 27.3. The van der Waals surface area contributed by atoms with Crippen LogP contribution in [-0.4, -0.2) is 37.3 Å². The zero-order valence-electron chi connectivity index (χ0n) is 8.00. The average Bonchev–Trinajstić information content (AvgIpc) is 2.58. The fraction of sp³-hybridized carbons (Fsp3) is 0.625. The van der Waals surface area contributed by atoms with Gasteiger partial charge >= 0.3 is 6.09 Å². The summed E-state index contributed by atoms with van der Waals surface area (Å²) in [6.07, 6.45) is 2.14. The first-order valence-corrected chi connectivity index (χ1v) is 4.70. The van der Waals surface area contributed by atoms with Crippen molar-refractivity contribution in [2.45, 2.75) is 31.5 Å². The van der Waals surface area contributed by atoms with E-state index >= 15 is 0 Å². The van der Waals surface area contributed by atoms with Crippen LogP contribution < -0.4 is 5.32 Å². The zero-order chi connectivity index (χ0) is 10.8. The summed E-state index contributed by atoms with van der Waals surface area (Å²) >= 11 is 0. The quantitative estimate of drug-likeness (QED) is 0.641. The molecule has 15 heavy (non-hydrogen) atoms. The Morgan fingerprint density at radius 2 is 2.40 bits per heavy atom. The van der Waals surface area contributed by atoms with E-state index in [0.717, 1.165) is 12.8 Å². The van der Waals surface area contributed by atoms with Gasteiger partial charge in [0.1, 0.15) is 5.69 Å². The second kappa shape index (κ2) is 3.85. The van der Waals surface area contributed by atoms with E-state index in [2.05, 4.69) is 15.6 Å². The molecule has 0 aromatic carbocycles. The van der Waals surface area contributed by atoms with Gasteiger partial charge in [-0.1, -0.05) is 5.21 Å². The van der Waals surface area contributed by atoms with Gasteiger partial charge < -0.3 is 15.5 Å². The summed E-state index contributed by atoms with van der Waals surface area (Å²) in [6, 6.07) is 0.198. The third-order valence-corrected chi connectivity index (χ3v) is 2.53. The molecule has 0 unspecified atom stereocenters. The fourth-order valence-electron chi connectivity index (χ4n) is 1.66. The van der Waals surface area contributed by atoms with E-state index in [0.29, 0.717) is 5.69 Å². The molecule has 7 nitrogen and oxygen atoms in total. The maximum atomic E-state index is 10.3. The lowest BCUT2D eigenvalue weighted by molar-refractivity contribution is 0.163. The molecule has 1 aliphatic carbocycles. The average molecular weight is 212 g/mol. The minimum absolute atomic E-state index is 0.00859. The van der Waals surface area contributed by atoms with Gasteiger partial charge in [0.25, 0.3) is 0 Å². The number of aromatic nitrogens is 3. The van der Waals surface area contributed by atoms with E-state index in [4.69, 9.17) is 10.2 Å². The Labute approximate surface area is 85.7 Å². The van der Waals surface area contributed by atoms with Crippen molar-refractivity contribution in [2.24, 2.45) is 0 Å². The second-order valence-electron chi connectivity index (χ2n) is 3.62. The normalized spacial score (nSPS) is 24.6. The minimum Gasteiger partial charge on any atom is -0.465 e. The van der Waals surface area contributed by atoms with Gasteiger partial charge in [0, 0.05) is 6.04 Å². The summed E-state index contributed by atoms with van der Waals surface area (Å²) in [5.74, 6) is 0. The number of amides is 1. The van der Waals surface area contributed by atoms with Gasteiger partial charge in [-0.3, -0.25) is 0 Å². The van der Waals surface area contributed by atoms with Crippen LogP contribution in [0.1, 0.15) is 24.6 Å². The fourth-order valence-corrected chi connectivity index (χ4v) is 1.66. The second-order valence-corrected chi connectivity index (χ2v) is 3.62. The van der Waals surface area contributed by atoms with Crippen molar-refractivity contribution < 1.29 is 15.0 Å². The summed E-state index contributed by atoms with van der Waals surface area (Å²) in [6.45, 7) is -0.122. The molecule has 0 spiro atoms. The van der Waals surface area contributed by atoms with Gasteiger partial charge in [0.15, 0.2) is 0 Å². The van der Waals surface area contributed by atoms with E-state index in [9.17, 15) is 4.79 Å².